The fraction of sp³-hybridized carbons (Fsp3) is 0.238. The maximum atomic E-state index is 13.8. The van der Waals surface area contributed by atoms with Crippen LogP contribution >= 0.6 is 0 Å². The SMILES string of the molecule is CCNC(=NCc1cc(F)ccc1F)NCc1ccccc1Cn1cccn1. The van der Waals surface area contributed by atoms with Gasteiger partial charge in [0.15, 0.2) is 5.96 Å². The van der Waals surface area contributed by atoms with Crippen molar-refractivity contribution < 1.29 is 8.78 Å². The van der Waals surface area contributed by atoms with E-state index in [9.17, 15) is 8.78 Å². The molecule has 5 nitrogen and oxygen atoms in total. The Labute approximate surface area is 163 Å². The van der Waals surface area contributed by atoms with Gasteiger partial charge in [-0.05, 0) is 42.3 Å². The minimum Gasteiger partial charge on any atom is -0.357 e. The van der Waals surface area contributed by atoms with Crippen molar-refractivity contribution in [2.75, 3.05) is 6.54 Å². The van der Waals surface area contributed by atoms with Gasteiger partial charge in [0.05, 0.1) is 13.1 Å². The number of benzene rings is 2. The Hall–Kier alpha value is -3.22. The van der Waals surface area contributed by atoms with Gasteiger partial charge in [0.2, 0.25) is 0 Å². The van der Waals surface area contributed by atoms with Crippen LogP contribution in [0.3, 0.4) is 0 Å². The van der Waals surface area contributed by atoms with Crippen LogP contribution in [0.25, 0.3) is 0 Å². The molecule has 0 saturated heterocycles. The number of hydrogen-bond acceptors (Lipinski definition) is 2. The van der Waals surface area contributed by atoms with Crippen molar-refractivity contribution in [2.45, 2.75) is 26.6 Å². The van der Waals surface area contributed by atoms with Crippen LogP contribution in [0.1, 0.15) is 23.6 Å². The molecule has 1 aromatic heterocycles. The highest BCUT2D eigenvalue weighted by atomic mass is 19.1. The molecule has 146 valence electrons. The number of rotatable bonds is 7. The van der Waals surface area contributed by atoms with E-state index in [-0.39, 0.29) is 12.1 Å². The summed E-state index contributed by atoms with van der Waals surface area (Å²) in [7, 11) is 0. The van der Waals surface area contributed by atoms with Crippen LogP contribution in [0.4, 0.5) is 8.78 Å². The van der Waals surface area contributed by atoms with Crippen LogP contribution in [-0.4, -0.2) is 22.3 Å². The number of aromatic nitrogens is 2. The predicted octanol–water partition coefficient (Wildman–Crippen LogP) is 3.46. The average molecular weight is 383 g/mol. The lowest BCUT2D eigenvalue weighted by atomic mass is 10.1. The zero-order chi connectivity index (χ0) is 19.8. The highest BCUT2D eigenvalue weighted by molar-refractivity contribution is 5.79. The lowest BCUT2D eigenvalue weighted by molar-refractivity contribution is 0.585. The van der Waals surface area contributed by atoms with Gasteiger partial charge in [0.25, 0.3) is 0 Å². The van der Waals surface area contributed by atoms with Crippen molar-refractivity contribution in [3.05, 3.63) is 89.2 Å². The van der Waals surface area contributed by atoms with E-state index in [1.807, 2.05) is 42.1 Å². The molecule has 0 spiro atoms. The van der Waals surface area contributed by atoms with Gasteiger partial charge >= 0.3 is 0 Å². The van der Waals surface area contributed by atoms with Crippen molar-refractivity contribution in [3.63, 3.8) is 0 Å². The molecule has 0 aliphatic rings. The van der Waals surface area contributed by atoms with Crippen LogP contribution in [-0.2, 0) is 19.6 Å². The van der Waals surface area contributed by atoms with Crippen LogP contribution in [0, 0.1) is 11.6 Å². The molecule has 0 aliphatic heterocycles. The summed E-state index contributed by atoms with van der Waals surface area (Å²) in [6, 6.07) is 13.4. The molecule has 0 unspecified atom stereocenters. The van der Waals surface area contributed by atoms with E-state index in [0.29, 0.717) is 25.6 Å². The Bertz CT molecular complexity index is 922. The third-order valence-corrected chi connectivity index (χ3v) is 4.22. The molecule has 3 rings (SSSR count). The maximum absolute atomic E-state index is 13.8. The van der Waals surface area contributed by atoms with E-state index in [1.54, 1.807) is 6.20 Å². The summed E-state index contributed by atoms with van der Waals surface area (Å²) < 4.78 is 29.0. The van der Waals surface area contributed by atoms with Gasteiger partial charge in [0.1, 0.15) is 11.6 Å². The molecule has 0 saturated carbocycles. The molecule has 2 N–H and O–H groups in total. The number of halogens is 2. The summed E-state index contributed by atoms with van der Waals surface area (Å²) in [5.41, 5.74) is 2.47. The van der Waals surface area contributed by atoms with Gasteiger partial charge < -0.3 is 10.6 Å². The standard InChI is InChI=1S/C21H23F2N5/c1-2-24-21(26-14-18-12-19(22)8-9-20(18)23)25-13-16-6-3-4-7-17(16)15-28-11-5-10-27-28/h3-12H,2,13-15H2,1H3,(H2,24,25,26). The number of nitrogens with one attached hydrogen (secondary N) is 2. The van der Waals surface area contributed by atoms with E-state index >= 15 is 0 Å². The first kappa shape index (κ1) is 19.5. The van der Waals surface area contributed by atoms with Gasteiger partial charge in [-0.2, -0.15) is 5.10 Å². The van der Waals surface area contributed by atoms with Crippen molar-refractivity contribution in [1.29, 1.82) is 0 Å². The van der Waals surface area contributed by atoms with E-state index in [2.05, 4.69) is 26.8 Å². The quantitative estimate of drug-likeness (QED) is 0.485. The van der Waals surface area contributed by atoms with Gasteiger partial charge in [-0.25, -0.2) is 13.8 Å². The third kappa shape index (κ3) is 5.39. The largest absolute Gasteiger partial charge is 0.357 e. The van der Waals surface area contributed by atoms with Crippen molar-refractivity contribution in [2.24, 2.45) is 4.99 Å². The minimum absolute atomic E-state index is 0.0495. The lowest BCUT2D eigenvalue weighted by Crippen LogP contribution is -2.37. The maximum Gasteiger partial charge on any atom is 0.191 e. The van der Waals surface area contributed by atoms with Crippen molar-refractivity contribution in [1.82, 2.24) is 20.4 Å². The molecule has 0 atom stereocenters. The number of guanidine groups is 1. The summed E-state index contributed by atoms with van der Waals surface area (Å²) in [5.74, 6) is -0.400. The van der Waals surface area contributed by atoms with E-state index in [4.69, 9.17) is 0 Å². The number of hydrogen-bond donors (Lipinski definition) is 2. The van der Waals surface area contributed by atoms with Gasteiger partial charge in [0, 0.05) is 31.0 Å². The first-order valence-electron chi connectivity index (χ1n) is 9.16. The molecule has 7 heteroatoms. The average Bonchev–Trinajstić information content (AvgIpc) is 3.20. The summed E-state index contributed by atoms with van der Waals surface area (Å²) in [5, 5.41) is 10.6. The third-order valence-electron chi connectivity index (χ3n) is 4.22. The van der Waals surface area contributed by atoms with Crippen LogP contribution in [0.15, 0.2) is 65.9 Å². The Morgan fingerprint density at radius 1 is 1.04 bits per heavy atom. The monoisotopic (exact) mass is 383 g/mol. The zero-order valence-corrected chi connectivity index (χ0v) is 15.7. The normalized spacial score (nSPS) is 11.5. The molecule has 3 aromatic rings. The summed E-state index contributed by atoms with van der Waals surface area (Å²) in [4.78, 5) is 4.38. The topological polar surface area (TPSA) is 54.2 Å². The smallest absolute Gasteiger partial charge is 0.191 e. The van der Waals surface area contributed by atoms with Gasteiger partial charge in [-0.15, -0.1) is 0 Å². The first-order chi connectivity index (χ1) is 13.7. The summed E-state index contributed by atoms with van der Waals surface area (Å²) in [6.07, 6.45) is 3.67. The Kier molecular flexibility index (Phi) is 6.73. The fourth-order valence-corrected chi connectivity index (χ4v) is 2.80. The molecule has 0 fully saturated rings. The highest BCUT2D eigenvalue weighted by Gasteiger charge is 2.06. The Balaban J connectivity index is 1.69. The fourth-order valence-electron chi connectivity index (χ4n) is 2.80. The Morgan fingerprint density at radius 3 is 2.61 bits per heavy atom. The molecule has 28 heavy (non-hydrogen) atoms. The number of nitrogens with zero attached hydrogens (tertiary/aromatic N) is 3. The predicted molar refractivity (Wildman–Crippen MR) is 106 cm³/mol. The van der Waals surface area contributed by atoms with E-state index < -0.39 is 11.6 Å². The number of aliphatic imine (C=N–C) groups is 1. The molecule has 0 amide bonds. The molecule has 2 aromatic carbocycles. The molecule has 0 bridgehead atoms. The van der Waals surface area contributed by atoms with Crippen LogP contribution in [0.5, 0.6) is 0 Å². The molecular formula is C21H23F2N5. The second-order valence-electron chi connectivity index (χ2n) is 6.26. The second kappa shape index (κ2) is 9.64. The van der Waals surface area contributed by atoms with E-state index in [1.165, 1.54) is 6.07 Å². The lowest BCUT2D eigenvalue weighted by Gasteiger charge is -2.14. The minimum atomic E-state index is -0.475. The van der Waals surface area contributed by atoms with Crippen LogP contribution < -0.4 is 10.6 Å². The highest BCUT2D eigenvalue weighted by Crippen LogP contribution is 2.12. The van der Waals surface area contributed by atoms with E-state index in [0.717, 1.165) is 23.3 Å². The summed E-state index contributed by atoms with van der Waals surface area (Å²) in [6.45, 7) is 3.88. The van der Waals surface area contributed by atoms with Gasteiger partial charge in [-0.3, -0.25) is 4.68 Å². The molecular weight excluding hydrogens is 360 g/mol. The molecule has 0 aliphatic carbocycles. The van der Waals surface area contributed by atoms with Crippen LogP contribution in [0.2, 0.25) is 0 Å². The van der Waals surface area contributed by atoms with Crippen molar-refractivity contribution >= 4 is 5.96 Å². The Morgan fingerprint density at radius 2 is 1.86 bits per heavy atom. The van der Waals surface area contributed by atoms with Crippen molar-refractivity contribution in [3.8, 4) is 0 Å². The van der Waals surface area contributed by atoms with Gasteiger partial charge in [-0.1, -0.05) is 24.3 Å². The molecule has 0 radical (unpaired) electrons. The second-order valence-corrected chi connectivity index (χ2v) is 6.26. The zero-order valence-electron chi connectivity index (χ0n) is 15.7. The summed E-state index contributed by atoms with van der Waals surface area (Å²) >= 11 is 0. The molecule has 1 heterocycles. The first-order valence-corrected chi connectivity index (χ1v) is 9.16.